The number of hydrogen-bond acceptors (Lipinski definition) is 6. The molecule has 184 valence electrons. The molecule has 1 atom stereocenters. The summed E-state index contributed by atoms with van der Waals surface area (Å²) in [7, 11) is 1.81. The highest BCUT2D eigenvalue weighted by Crippen LogP contribution is 2.39. The van der Waals surface area contributed by atoms with Crippen LogP contribution in [0.1, 0.15) is 49.9 Å². The van der Waals surface area contributed by atoms with Gasteiger partial charge in [0.2, 0.25) is 5.82 Å². The fraction of sp³-hybridized carbons (Fsp3) is 0.346. The Morgan fingerprint density at radius 2 is 2.03 bits per heavy atom. The number of halogens is 1. The highest BCUT2D eigenvalue weighted by Gasteiger charge is 2.30. The summed E-state index contributed by atoms with van der Waals surface area (Å²) < 4.78 is 5.53. The highest BCUT2D eigenvalue weighted by molar-refractivity contribution is 6.29. The van der Waals surface area contributed by atoms with E-state index < -0.39 is 0 Å². The van der Waals surface area contributed by atoms with Crippen LogP contribution in [-0.2, 0) is 13.6 Å². The van der Waals surface area contributed by atoms with Crippen molar-refractivity contribution in [2.24, 2.45) is 7.05 Å². The van der Waals surface area contributed by atoms with Gasteiger partial charge in [0.1, 0.15) is 22.8 Å². The third-order valence-corrected chi connectivity index (χ3v) is 7.00. The number of fused-ring (bicyclic) bond motifs is 3. The molecule has 1 unspecified atom stereocenters. The number of benzene rings is 1. The number of nitrogens with one attached hydrogen (secondary N) is 1. The molecule has 1 aliphatic rings. The lowest BCUT2D eigenvalue weighted by molar-refractivity contribution is 0.634. The minimum absolute atomic E-state index is 0.0545. The van der Waals surface area contributed by atoms with Crippen LogP contribution >= 0.6 is 11.6 Å². The standard InChI is InChI=1S/C26H27ClN8O/c1-5-34-25-19(12-29-34)22-17(10-14(2)11-18(22)26(36)35(25)16-6-7-16)15(3)30-20-8-9-21(27)31-23(20)24-28-13-33(4)32-24/h8-13,15-16,30H,5-7H2,1-4H3. The molecule has 0 amide bonds. The van der Waals surface area contributed by atoms with Crippen LogP contribution in [-0.4, -0.2) is 34.1 Å². The molecule has 1 fully saturated rings. The summed E-state index contributed by atoms with van der Waals surface area (Å²) in [6, 6.07) is 7.88. The van der Waals surface area contributed by atoms with Gasteiger partial charge in [0.15, 0.2) is 0 Å². The first-order valence-corrected chi connectivity index (χ1v) is 12.6. The lowest BCUT2D eigenvalue weighted by atomic mass is 9.95. The zero-order chi connectivity index (χ0) is 25.1. The van der Waals surface area contributed by atoms with Crippen LogP contribution in [0.4, 0.5) is 5.69 Å². The molecule has 0 bridgehead atoms. The number of aryl methyl sites for hydroxylation is 3. The number of rotatable bonds is 6. The van der Waals surface area contributed by atoms with E-state index in [0.29, 0.717) is 23.2 Å². The van der Waals surface area contributed by atoms with Crippen molar-refractivity contribution in [3.8, 4) is 11.5 Å². The predicted octanol–water partition coefficient (Wildman–Crippen LogP) is 5.03. The van der Waals surface area contributed by atoms with E-state index in [1.807, 2.05) is 41.5 Å². The monoisotopic (exact) mass is 502 g/mol. The van der Waals surface area contributed by atoms with Crippen molar-refractivity contribution in [1.82, 2.24) is 34.1 Å². The minimum Gasteiger partial charge on any atom is -0.377 e. The number of hydrogen-bond donors (Lipinski definition) is 1. The molecule has 1 N–H and O–H groups in total. The number of aromatic nitrogens is 7. The van der Waals surface area contributed by atoms with Crippen molar-refractivity contribution >= 4 is 39.1 Å². The van der Waals surface area contributed by atoms with E-state index in [-0.39, 0.29) is 17.6 Å². The van der Waals surface area contributed by atoms with E-state index in [9.17, 15) is 4.79 Å². The van der Waals surface area contributed by atoms with Crippen LogP contribution in [0, 0.1) is 6.92 Å². The Labute approximate surface area is 212 Å². The smallest absolute Gasteiger partial charge is 0.260 e. The summed E-state index contributed by atoms with van der Waals surface area (Å²) in [6.07, 6.45) is 5.59. The molecule has 36 heavy (non-hydrogen) atoms. The van der Waals surface area contributed by atoms with Gasteiger partial charge >= 0.3 is 0 Å². The van der Waals surface area contributed by atoms with Crippen LogP contribution in [0.15, 0.2) is 41.6 Å². The second-order valence-electron chi connectivity index (χ2n) is 9.52. The third kappa shape index (κ3) is 3.65. The van der Waals surface area contributed by atoms with Gasteiger partial charge in [-0.25, -0.2) is 14.6 Å². The van der Waals surface area contributed by atoms with Gasteiger partial charge in [-0.15, -0.1) is 5.10 Å². The SMILES string of the molecule is CCn1ncc2c3c(C(C)Nc4ccc(Cl)nc4-c4ncn(C)n4)cc(C)cc3c(=O)n(C3CC3)c21. The summed E-state index contributed by atoms with van der Waals surface area (Å²) in [5, 5.41) is 15.7. The summed E-state index contributed by atoms with van der Waals surface area (Å²) in [5.41, 5.74) is 4.36. The zero-order valence-corrected chi connectivity index (χ0v) is 21.4. The number of nitrogens with zero attached hydrogens (tertiary/aromatic N) is 7. The summed E-state index contributed by atoms with van der Waals surface area (Å²) >= 11 is 6.22. The predicted molar refractivity (Wildman–Crippen MR) is 141 cm³/mol. The van der Waals surface area contributed by atoms with Crippen molar-refractivity contribution in [3.05, 3.63) is 63.4 Å². The molecule has 0 saturated heterocycles. The molecule has 6 rings (SSSR count). The molecule has 4 heterocycles. The largest absolute Gasteiger partial charge is 0.377 e. The van der Waals surface area contributed by atoms with Crippen LogP contribution in [0.5, 0.6) is 0 Å². The van der Waals surface area contributed by atoms with Gasteiger partial charge in [-0.1, -0.05) is 17.7 Å². The third-order valence-electron chi connectivity index (χ3n) is 6.79. The number of anilines is 1. The molecule has 1 aromatic carbocycles. The minimum atomic E-state index is -0.151. The molecule has 1 saturated carbocycles. The normalized spacial score (nSPS) is 14.6. The first-order chi connectivity index (χ1) is 17.4. The van der Waals surface area contributed by atoms with Gasteiger partial charge in [-0.2, -0.15) is 5.10 Å². The molecule has 0 aliphatic heterocycles. The van der Waals surface area contributed by atoms with Crippen molar-refractivity contribution in [2.75, 3.05) is 5.32 Å². The van der Waals surface area contributed by atoms with E-state index in [1.54, 1.807) is 17.1 Å². The first-order valence-electron chi connectivity index (χ1n) is 12.2. The highest BCUT2D eigenvalue weighted by atomic mass is 35.5. The van der Waals surface area contributed by atoms with Gasteiger partial charge < -0.3 is 5.32 Å². The Balaban J connectivity index is 1.54. The number of pyridine rings is 2. The van der Waals surface area contributed by atoms with Gasteiger partial charge in [0.25, 0.3) is 5.56 Å². The Bertz CT molecular complexity index is 1690. The van der Waals surface area contributed by atoms with E-state index in [1.165, 1.54) is 0 Å². The molecule has 5 aromatic rings. The fourth-order valence-electron chi connectivity index (χ4n) is 5.04. The van der Waals surface area contributed by atoms with Crippen molar-refractivity contribution in [3.63, 3.8) is 0 Å². The molecule has 10 heteroatoms. The van der Waals surface area contributed by atoms with E-state index in [2.05, 4.69) is 45.4 Å². The van der Waals surface area contributed by atoms with Gasteiger partial charge in [0, 0.05) is 41.8 Å². The molecule has 0 spiro atoms. The summed E-state index contributed by atoms with van der Waals surface area (Å²) in [6.45, 7) is 6.87. The first kappa shape index (κ1) is 22.7. The summed E-state index contributed by atoms with van der Waals surface area (Å²) in [5.74, 6) is 0.489. The Morgan fingerprint density at radius 1 is 1.22 bits per heavy atom. The average molecular weight is 503 g/mol. The molecular weight excluding hydrogens is 476 g/mol. The Kier molecular flexibility index (Phi) is 5.33. The molecular formula is C26H27ClN8O. The van der Waals surface area contributed by atoms with Crippen LogP contribution in [0.2, 0.25) is 5.15 Å². The van der Waals surface area contributed by atoms with E-state index >= 15 is 0 Å². The van der Waals surface area contributed by atoms with Gasteiger partial charge in [-0.3, -0.25) is 14.0 Å². The zero-order valence-electron chi connectivity index (χ0n) is 20.7. The average Bonchev–Trinajstić information content (AvgIpc) is 3.45. The van der Waals surface area contributed by atoms with Crippen LogP contribution < -0.4 is 10.9 Å². The maximum absolute atomic E-state index is 13.8. The maximum atomic E-state index is 13.8. The lowest BCUT2D eigenvalue weighted by Crippen LogP contribution is -2.23. The van der Waals surface area contributed by atoms with Crippen LogP contribution in [0.25, 0.3) is 33.3 Å². The van der Waals surface area contributed by atoms with Crippen LogP contribution in [0.3, 0.4) is 0 Å². The fourth-order valence-corrected chi connectivity index (χ4v) is 5.19. The lowest BCUT2D eigenvalue weighted by Gasteiger charge is -2.21. The Hall–Kier alpha value is -3.72. The summed E-state index contributed by atoms with van der Waals surface area (Å²) in [4.78, 5) is 22.7. The molecule has 9 nitrogen and oxygen atoms in total. The quantitative estimate of drug-likeness (QED) is 0.327. The van der Waals surface area contributed by atoms with Crippen molar-refractivity contribution in [2.45, 2.75) is 52.2 Å². The second kappa shape index (κ2) is 8.44. The van der Waals surface area contributed by atoms with Crippen molar-refractivity contribution < 1.29 is 0 Å². The van der Waals surface area contributed by atoms with E-state index in [0.717, 1.165) is 51.5 Å². The van der Waals surface area contributed by atoms with Gasteiger partial charge in [-0.05, 0) is 62.9 Å². The Morgan fingerprint density at radius 3 is 2.72 bits per heavy atom. The molecule has 0 radical (unpaired) electrons. The second-order valence-corrected chi connectivity index (χ2v) is 9.91. The van der Waals surface area contributed by atoms with Gasteiger partial charge in [0.05, 0.1) is 11.9 Å². The molecule has 1 aliphatic carbocycles. The maximum Gasteiger partial charge on any atom is 0.260 e. The topological polar surface area (TPSA) is 95.5 Å². The van der Waals surface area contributed by atoms with Crippen molar-refractivity contribution in [1.29, 1.82) is 0 Å². The molecule has 4 aromatic heterocycles. The van der Waals surface area contributed by atoms with E-state index in [4.69, 9.17) is 11.6 Å².